The lowest BCUT2D eigenvalue weighted by atomic mass is 10.1. The monoisotopic (exact) mass is 362 g/mol. The zero-order valence-corrected chi connectivity index (χ0v) is 13.3. The number of pyridine rings is 1. The first kappa shape index (κ1) is 17.5. The van der Waals surface area contributed by atoms with Crippen molar-refractivity contribution in [2.75, 3.05) is 18.4 Å². The maximum absolute atomic E-state index is 12.9. The van der Waals surface area contributed by atoms with Crippen molar-refractivity contribution < 1.29 is 22.7 Å². The Hall–Kier alpha value is -3.28. The van der Waals surface area contributed by atoms with E-state index in [9.17, 15) is 18.0 Å². The highest BCUT2D eigenvalue weighted by molar-refractivity contribution is 5.90. The van der Waals surface area contributed by atoms with Crippen molar-refractivity contribution in [2.24, 2.45) is 0 Å². The van der Waals surface area contributed by atoms with Crippen LogP contribution in [0.2, 0.25) is 0 Å². The molecule has 26 heavy (non-hydrogen) atoms. The minimum absolute atomic E-state index is 0.224. The first-order chi connectivity index (χ1) is 12.4. The van der Waals surface area contributed by atoms with Gasteiger partial charge in [-0.15, -0.1) is 0 Å². The predicted octanol–water partition coefficient (Wildman–Crippen LogP) is 3.27. The average molecular weight is 362 g/mol. The molecule has 0 spiro atoms. The molecule has 0 radical (unpaired) electrons. The SMILES string of the molecule is N#Cc1ccc(OC2CN(C(=O)Nc3ccccc3C(F)(F)F)C2)nc1. The molecule has 1 aromatic carbocycles. The second-order valence-corrected chi connectivity index (χ2v) is 5.62. The van der Waals surface area contributed by atoms with Gasteiger partial charge in [0.1, 0.15) is 12.2 Å². The molecule has 0 aliphatic carbocycles. The number of alkyl halides is 3. The molecular weight excluding hydrogens is 349 g/mol. The number of anilines is 1. The second-order valence-electron chi connectivity index (χ2n) is 5.62. The lowest BCUT2D eigenvalue weighted by Gasteiger charge is -2.38. The molecule has 0 bridgehead atoms. The highest BCUT2D eigenvalue weighted by Gasteiger charge is 2.36. The molecular formula is C17H13F3N4O2. The van der Waals surface area contributed by atoms with Gasteiger partial charge >= 0.3 is 12.2 Å². The van der Waals surface area contributed by atoms with Gasteiger partial charge in [0, 0.05) is 12.3 Å². The van der Waals surface area contributed by atoms with Gasteiger partial charge in [0.05, 0.1) is 29.9 Å². The van der Waals surface area contributed by atoms with E-state index >= 15 is 0 Å². The van der Waals surface area contributed by atoms with Gasteiger partial charge in [0.25, 0.3) is 0 Å². The van der Waals surface area contributed by atoms with Crippen LogP contribution in [0.5, 0.6) is 5.88 Å². The summed E-state index contributed by atoms with van der Waals surface area (Å²) in [7, 11) is 0. The molecule has 3 rings (SSSR count). The Balaban J connectivity index is 1.55. The van der Waals surface area contributed by atoms with Gasteiger partial charge in [-0.2, -0.15) is 18.4 Å². The van der Waals surface area contributed by atoms with E-state index in [0.29, 0.717) is 11.4 Å². The van der Waals surface area contributed by atoms with Gasteiger partial charge in [-0.3, -0.25) is 0 Å². The van der Waals surface area contributed by atoms with E-state index in [1.807, 2.05) is 6.07 Å². The maximum atomic E-state index is 12.9. The predicted molar refractivity (Wildman–Crippen MR) is 85.4 cm³/mol. The summed E-state index contributed by atoms with van der Waals surface area (Å²) in [5.41, 5.74) is -0.790. The van der Waals surface area contributed by atoms with Crippen LogP contribution in [-0.2, 0) is 6.18 Å². The third-order valence-corrected chi connectivity index (χ3v) is 3.76. The largest absolute Gasteiger partial charge is 0.471 e. The van der Waals surface area contributed by atoms with E-state index in [0.717, 1.165) is 6.07 Å². The van der Waals surface area contributed by atoms with Crippen molar-refractivity contribution in [1.29, 1.82) is 5.26 Å². The molecule has 1 aliphatic heterocycles. The first-order valence-corrected chi connectivity index (χ1v) is 7.62. The molecule has 2 aromatic rings. The summed E-state index contributed by atoms with van der Waals surface area (Å²) in [6.07, 6.45) is -3.49. The van der Waals surface area contributed by atoms with Crippen molar-refractivity contribution in [1.82, 2.24) is 9.88 Å². The van der Waals surface area contributed by atoms with E-state index in [1.54, 1.807) is 12.1 Å². The van der Waals surface area contributed by atoms with Crippen molar-refractivity contribution in [3.63, 3.8) is 0 Å². The molecule has 2 heterocycles. The topological polar surface area (TPSA) is 78.2 Å². The number of rotatable bonds is 3. The first-order valence-electron chi connectivity index (χ1n) is 7.62. The lowest BCUT2D eigenvalue weighted by molar-refractivity contribution is -0.136. The van der Waals surface area contributed by atoms with E-state index in [4.69, 9.17) is 10.00 Å². The number of halogens is 3. The number of carbonyl (C=O) groups excluding carboxylic acids is 1. The number of hydrogen-bond donors (Lipinski definition) is 1. The summed E-state index contributed by atoms with van der Waals surface area (Å²) < 4.78 is 44.4. The number of likely N-dealkylation sites (tertiary alicyclic amines) is 1. The molecule has 0 saturated carbocycles. The molecule has 0 unspecified atom stereocenters. The van der Waals surface area contributed by atoms with Gasteiger partial charge < -0.3 is 15.0 Å². The summed E-state index contributed by atoms with van der Waals surface area (Å²) in [4.78, 5) is 17.4. The van der Waals surface area contributed by atoms with Crippen molar-refractivity contribution in [2.45, 2.75) is 12.3 Å². The third-order valence-electron chi connectivity index (χ3n) is 3.76. The van der Waals surface area contributed by atoms with Crippen molar-refractivity contribution in [3.8, 4) is 11.9 Å². The number of para-hydroxylation sites is 1. The van der Waals surface area contributed by atoms with Gasteiger partial charge in [-0.05, 0) is 18.2 Å². The fourth-order valence-corrected chi connectivity index (χ4v) is 2.40. The summed E-state index contributed by atoms with van der Waals surface area (Å²) in [6, 6.07) is 9.20. The molecule has 1 N–H and O–H groups in total. The van der Waals surface area contributed by atoms with Crippen LogP contribution in [0.4, 0.5) is 23.7 Å². The minimum atomic E-state index is -4.55. The number of aromatic nitrogens is 1. The highest BCUT2D eigenvalue weighted by Crippen LogP contribution is 2.34. The van der Waals surface area contributed by atoms with Crippen LogP contribution < -0.4 is 10.1 Å². The van der Waals surface area contributed by atoms with E-state index in [-0.39, 0.29) is 24.9 Å². The van der Waals surface area contributed by atoms with Gasteiger partial charge in [0.2, 0.25) is 5.88 Å². The summed E-state index contributed by atoms with van der Waals surface area (Å²) >= 11 is 0. The number of nitriles is 1. The molecule has 9 heteroatoms. The number of nitrogens with one attached hydrogen (secondary N) is 1. The highest BCUT2D eigenvalue weighted by atomic mass is 19.4. The van der Waals surface area contributed by atoms with Crippen LogP contribution in [0.15, 0.2) is 42.6 Å². The van der Waals surface area contributed by atoms with Gasteiger partial charge in [0.15, 0.2) is 0 Å². The standard InChI is InChI=1S/C17H13F3N4O2/c18-17(19,20)13-3-1-2-4-14(13)23-16(25)24-9-12(10-24)26-15-6-5-11(7-21)8-22-15/h1-6,8,12H,9-10H2,(H,23,25). The summed E-state index contributed by atoms with van der Waals surface area (Å²) in [5, 5.41) is 11.0. The van der Waals surface area contributed by atoms with Crippen LogP contribution in [0, 0.1) is 11.3 Å². The normalized spacial score (nSPS) is 14.3. The van der Waals surface area contributed by atoms with Crippen LogP contribution in [0.3, 0.4) is 0 Å². The lowest BCUT2D eigenvalue weighted by Crippen LogP contribution is -2.57. The fourth-order valence-electron chi connectivity index (χ4n) is 2.40. The third kappa shape index (κ3) is 3.85. The number of nitrogens with zero attached hydrogens (tertiary/aromatic N) is 3. The Labute approximate surface area is 146 Å². The van der Waals surface area contributed by atoms with Crippen molar-refractivity contribution in [3.05, 3.63) is 53.7 Å². The number of hydrogen-bond acceptors (Lipinski definition) is 4. The molecule has 1 fully saturated rings. The molecule has 6 nitrogen and oxygen atoms in total. The minimum Gasteiger partial charge on any atom is -0.471 e. The van der Waals surface area contributed by atoms with Crippen LogP contribution in [0.25, 0.3) is 0 Å². The molecule has 1 saturated heterocycles. The summed E-state index contributed by atoms with van der Waals surface area (Å²) in [6.45, 7) is 0.448. The molecule has 134 valence electrons. The zero-order chi connectivity index (χ0) is 18.7. The number of carbonyl (C=O) groups is 1. The van der Waals surface area contributed by atoms with Gasteiger partial charge in [-0.25, -0.2) is 9.78 Å². The Bertz CT molecular complexity index is 840. The Morgan fingerprint density at radius 2 is 2.00 bits per heavy atom. The van der Waals surface area contributed by atoms with Gasteiger partial charge in [-0.1, -0.05) is 12.1 Å². The number of amides is 2. The van der Waals surface area contributed by atoms with E-state index < -0.39 is 17.8 Å². The second kappa shape index (κ2) is 6.92. The molecule has 0 atom stereocenters. The molecule has 1 aromatic heterocycles. The van der Waals surface area contributed by atoms with Crippen molar-refractivity contribution >= 4 is 11.7 Å². The molecule has 1 aliphatic rings. The number of benzene rings is 1. The number of ether oxygens (including phenoxy) is 1. The van der Waals surface area contributed by atoms with Crippen LogP contribution in [-0.4, -0.2) is 35.1 Å². The van der Waals surface area contributed by atoms with Crippen LogP contribution in [0.1, 0.15) is 11.1 Å². The maximum Gasteiger partial charge on any atom is 0.418 e. The zero-order valence-electron chi connectivity index (χ0n) is 13.3. The Morgan fingerprint density at radius 3 is 2.62 bits per heavy atom. The fraction of sp³-hybridized carbons (Fsp3) is 0.235. The number of urea groups is 1. The van der Waals surface area contributed by atoms with Crippen LogP contribution >= 0.6 is 0 Å². The summed E-state index contributed by atoms with van der Waals surface area (Å²) in [5.74, 6) is 0.316. The smallest absolute Gasteiger partial charge is 0.418 e. The van der Waals surface area contributed by atoms with E-state index in [1.165, 1.54) is 29.3 Å². The molecule has 2 amide bonds. The Morgan fingerprint density at radius 1 is 1.27 bits per heavy atom. The quantitative estimate of drug-likeness (QED) is 0.909. The average Bonchev–Trinajstić information content (AvgIpc) is 2.57. The van der Waals surface area contributed by atoms with E-state index in [2.05, 4.69) is 10.3 Å². The Kier molecular flexibility index (Phi) is 4.67.